The number of carboxylic acids is 1. The van der Waals surface area contributed by atoms with Gasteiger partial charge in [-0.15, -0.1) is 0 Å². The first kappa shape index (κ1) is 11.8. The summed E-state index contributed by atoms with van der Waals surface area (Å²) in [5.74, 6) is -2.46. The van der Waals surface area contributed by atoms with E-state index in [0.717, 1.165) is 12.1 Å². The van der Waals surface area contributed by atoms with Crippen molar-refractivity contribution in [2.45, 2.75) is 0 Å². The number of benzene rings is 1. The molecule has 18 heavy (non-hydrogen) atoms. The molecule has 1 aromatic heterocycles. The molecule has 0 saturated carbocycles. The molecule has 6 heteroatoms. The summed E-state index contributed by atoms with van der Waals surface area (Å²) in [5.41, 5.74) is 5.87. The molecule has 0 radical (unpaired) electrons. The Balaban J connectivity index is 2.63. The lowest BCUT2D eigenvalue weighted by Crippen LogP contribution is -2.03. The molecular weight excluding hydrogens is 239 g/mol. The second-order valence-corrected chi connectivity index (χ2v) is 3.63. The number of carboxylic acid groups (broad SMARTS) is 1. The van der Waals surface area contributed by atoms with Crippen molar-refractivity contribution in [1.82, 2.24) is 4.98 Å². The lowest BCUT2D eigenvalue weighted by molar-refractivity contribution is 0.0697. The summed E-state index contributed by atoms with van der Waals surface area (Å²) in [6, 6.07) is 4.78. The van der Waals surface area contributed by atoms with Crippen LogP contribution in [0.15, 0.2) is 30.5 Å². The zero-order valence-corrected chi connectivity index (χ0v) is 9.09. The highest BCUT2D eigenvalue weighted by Crippen LogP contribution is 2.27. The lowest BCUT2D eigenvalue weighted by atomic mass is 10.0. The summed E-state index contributed by atoms with van der Waals surface area (Å²) < 4.78 is 13.2. The molecule has 0 amide bonds. The highest BCUT2D eigenvalue weighted by atomic mass is 19.1. The van der Waals surface area contributed by atoms with E-state index in [4.69, 9.17) is 15.9 Å². The Morgan fingerprint density at radius 1 is 1.33 bits per heavy atom. The zero-order valence-electron chi connectivity index (χ0n) is 9.09. The van der Waals surface area contributed by atoms with Crippen LogP contribution >= 0.6 is 0 Å². The van der Waals surface area contributed by atoms with Crippen LogP contribution in [-0.4, -0.2) is 21.2 Å². The van der Waals surface area contributed by atoms with Gasteiger partial charge in [0.05, 0.1) is 5.56 Å². The average Bonchev–Trinajstić information content (AvgIpc) is 2.32. The molecule has 1 heterocycles. The number of aromatic carboxylic acids is 1. The van der Waals surface area contributed by atoms with Gasteiger partial charge in [0.25, 0.3) is 0 Å². The van der Waals surface area contributed by atoms with E-state index in [2.05, 4.69) is 4.98 Å². The third-order valence-electron chi connectivity index (χ3n) is 2.41. The summed E-state index contributed by atoms with van der Waals surface area (Å²) in [4.78, 5) is 14.9. The minimum absolute atomic E-state index is 0.0652. The number of hydrogen-bond acceptors (Lipinski definition) is 4. The predicted octanol–water partition coefficient (Wildman–Crippen LogP) is 1.87. The fraction of sp³-hybridized carbons (Fsp3) is 0. The van der Waals surface area contributed by atoms with Crippen molar-refractivity contribution < 1.29 is 19.4 Å². The fourth-order valence-corrected chi connectivity index (χ4v) is 1.55. The molecule has 1 aromatic carbocycles. The molecule has 0 fully saturated rings. The maximum Gasteiger partial charge on any atom is 0.336 e. The largest absolute Gasteiger partial charge is 0.505 e. The van der Waals surface area contributed by atoms with E-state index in [1.165, 1.54) is 18.3 Å². The van der Waals surface area contributed by atoms with Crippen molar-refractivity contribution in [1.29, 1.82) is 0 Å². The lowest BCUT2D eigenvalue weighted by Gasteiger charge is -2.07. The third kappa shape index (κ3) is 2.08. The molecule has 0 spiro atoms. The van der Waals surface area contributed by atoms with Crippen LogP contribution in [0.5, 0.6) is 5.75 Å². The van der Waals surface area contributed by atoms with Crippen molar-refractivity contribution in [2.75, 3.05) is 5.73 Å². The van der Waals surface area contributed by atoms with Crippen LogP contribution < -0.4 is 5.73 Å². The monoisotopic (exact) mass is 248 g/mol. The Labute approximate surface area is 101 Å². The zero-order chi connectivity index (χ0) is 13.3. The molecule has 5 nitrogen and oxygen atoms in total. The SMILES string of the molecule is Nc1cc(C(=O)O)c(-c2ccc(O)c(F)c2)cn1. The number of phenolic OH excluding ortho intramolecular Hbond substituents is 1. The van der Waals surface area contributed by atoms with Gasteiger partial charge in [-0.3, -0.25) is 0 Å². The van der Waals surface area contributed by atoms with Crippen LogP contribution in [0, 0.1) is 5.82 Å². The van der Waals surface area contributed by atoms with E-state index in [1.54, 1.807) is 0 Å². The van der Waals surface area contributed by atoms with Crippen molar-refractivity contribution >= 4 is 11.8 Å². The highest BCUT2D eigenvalue weighted by molar-refractivity contribution is 5.96. The number of anilines is 1. The topological polar surface area (TPSA) is 96.4 Å². The van der Waals surface area contributed by atoms with Gasteiger partial charge in [-0.05, 0) is 23.8 Å². The number of carbonyl (C=O) groups is 1. The number of hydrogen-bond donors (Lipinski definition) is 3. The first-order chi connectivity index (χ1) is 8.49. The Kier molecular flexibility index (Phi) is 2.85. The number of nitrogens with zero attached hydrogens (tertiary/aromatic N) is 1. The molecule has 4 N–H and O–H groups in total. The minimum atomic E-state index is -1.19. The Morgan fingerprint density at radius 3 is 2.67 bits per heavy atom. The van der Waals surface area contributed by atoms with Crippen molar-refractivity contribution in [3.8, 4) is 16.9 Å². The van der Waals surface area contributed by atoms with Gasteiger partial charge in [0.15, 0.2) is 11.6 Å². The molecule has 0 atom stereocenters. The normalized spacial score (nSPS) is 10.3. The van der Waals surface area contributed by atoms with Gasteiger partial charge >= 0.3 is 5.97 Å². The first-order valence-corrected chi connectivity index (χ1v) is 4.96. The molecule has 0 unspecified atom stereocenters. The molecule has 92 valence electrons. The molecule has 0 aliphatic heterocycles. The number of pyridine rings is 1. The van der Waals surface area contributed by atoms with Crippen LogP contribution in [0.2, 0.25) is 0 Å². The van der Waals surface area contributed by atoms with Crippen molar-refractivity contribution in [3.05, 3.63) is 41.8 Å². The Hall–Kier alpha value is -2.63. The number of phenols is 1. The van der Waals surface area contributed by atoms with Crippen LogP contribution in [0.4, 0.5) is 10.2 Å². The number of nitrogens with two attached hydrogens (primary N) is 1. The summed E-state index contributed by atoms with van der Waals surface area (Å²) in [6.45, 7) is 0. The van der Waals surface area contributed by atoms with Crippen LogP contribution in [0.25, 0.3) is 11.1 Å². The predicted molar refractivity (Wildman–Crippen MR) is 62.7 cm³/mol. The molecule has 2 rings (SSSR count). The number of nitrogen functional groups attached to an aromatic ring is 1. The number of aromatic nitrogens is 1. The minimum Gasteiger partial charge on any atom is -0.505 e. The average molecular weight is 248 g/mol. The Morgan fingerprint density at radius 2 is 2.06 bits per heavy atom. The van der Waals surface area contributed by atoms with Crippen LogP contribution in [0.3, 0.4) is 0 Å². The fourth-order valence-electron chi connectivity index (χ4n) is 1.55. The van der Waals surface area contributed by atoms with Crippen molar-refractivity contribution in [2.24, 2.45) is 0 Å². The summed E-state index contributed by atoms with van der Waals surface area (Å²) >= 11 is 0. The highest BCUT2D eigenvalue weighted by Gasteiger charge is 2.14. The van der Waals surface area contributed by atoms with E-state index >= 15 is 0 Å². The second-order valence-electron chi connectivity index (χ2n) is 3.63. The molecule has 2 aromatic rings. The maximum absolute atomic E-state index is 13.2. The number of aromatic hydroxyl groups is 1. The van der Waals surface area contributed by atoms with Crippen LogP contribution in [-0.2, 0) is 0 Å². The van der Waals surface area contributed by atoms with Crippen LogP contribution in [0.1, 0.15) is 10.4 Å². The Bertz CT molecular complexity index is 629. The molecule has 0 aliphatic carbocycles. The standard InChI is InChI=1S/C12H9FN2O3/c13-9-3-6(1-2-10(9)16)8-5-15-11(14)4-7(8)12(17)18/h1-5,16H,(H2,14,15)(H,17,18). The molecule has 0 saturated heterocycles. The van der Waals surface area contributed by atoms with E-state index in [9.17, 15) is 9.18 Å². The summed E-state index contributed by atoms with van der Waals surface area (Å²) in [6.07, 6.45) is 1.25. The van der Waals surface area contributed by atoms with Gasteiger partial charge in [-0.1, -0.05) is 6.07 Å². The molecule has 0 bridgehead atoms. The maximum atomic E-state index is 13.2. The summed E-state index contributed by atoms with van der Waals surface area (Å²) in [5, 5.41) is 18.1. The van der Waals surface area contributed by atoms with Gasteiger partial charge in [-0.2, -0.15) is 0 Å². The third-order valence-corrected chi connectivity index (χ3v) is 2.41. The van der Waals surface area contributed by atoms with E-state index in [1.807, 2.05) is 0 Å². The second kappa shape index (κ2) is 4.33. The van der Waals surface area contributed by atoms with Gasteiger partial charge in [0, 0.05) is 11.8 Å². The van der Waals surface area contributed by atoms with Crippen molar-refractivity contribution in [3.63, 3.8) is 0 Å². The van der Waals surface area contributed by atoms with Gasteiger partial charge in [0.1, 0.15) is 5.82 Å². The molecule has 0 aliphatic rings. The summed E-state index contributed by atoms with van der Waals surface area (Å²) in [7, 11) is 0. The number of halogens is 1. The van der Waals surface area contributed by atoms with Gasteiger partial charge < -0.3 is 15.9 Å². The number of rotatable bonds is 2. The van der Waals surface area contributed by atoms with Gasteiger partial charge in [0.2, 0.25) is 0 Å². The quantitative estimate of drug-likeness (QED) is 0.753. The smallest absolute Gasteiger partial charge is 0.336 e. The molecular formula is C12H9FN2O3. The van der Waals surface area contributed by atoms with E-state index in [0.29, 0.717) is 5.56 Å². The van der Waals surface area contributed by atoms with E-state index < -0.39 is 17.5 Å². The first-order valence-electron chi connectivity index (χ1n) is 4.96. The van der Waals surface area contributed by atoms with Gasteiger partial charge in [-0.25, -0.2) is 14.2 Å². The van der Waals surface area contributed by atoms with E-state index in [-0.39, 0.29) is 16.9 Å².